The van der Waals surface area contributed by atoms with Crippen LogP contribution in [0.2, 0.25) is 0 Å². The summed E-state index contributed by atoms with van der Waals surface area (Å²) in [6.07, 6.45) is 3.04. The number of hydrogen-bond acceptors (Lipinski definition) is 3. The van der Waals surface area contributed by atoms with Crippen LogP contribution >= 0.6 is 0 Å². The molecule has 1 aromatic carbocycles. The lowest BCUT2D eigenvalue weighted by atomic mass is 10.1. The summed E-state index contributed by atoms with van der Waals surface area (Å²) in [5, 5.41) is 9.38. The van der Waals surface area contributed by atoms with Crippen LogP contribution in [0.3, 0.4) is 0 Å². The number of hydrogen-bond donors (Lipinski definition) is 1. The molecule has 1 aromatic rings. The minimum atomic E-state index is -3.44. The Hall–Kier alpha value is -0.910. The first-order valence-electron chi connectivity index (χ1n) is 7.25. The predicted molar refractivity (Wildman–Crippen MR) is 78.9 cm³/mol. The molecule has 0 unspecified atom stereocenters. The molecule has 0 amide bonds. The maximum absolute atomic E-state index is 12.6. The molecule has 2 rings (SSSR count). The molecule has 1 aliphatic carbocycles. The SMILES string of the molecule is CCc1ccc(S(=O)(=O)N(CC)CC2CC2)cc1CO. The zero-order valence-corrected chi connectivity index (χ0v) is 13.0. The lowest BCUT2D eigenvalue weighted by Crippen LogP contribution is -2.32. The summed E-state index contributed by atoms with van der Waals surface area (Å²) in [5.41, 5.74) is 1.70. The highest BCUT2D eigenvalue weighted by Crippen LogP contribution is 2.31. The maximum atomic E-state index is 12.6. The van der Waals surface area contributed by atoms with Crippen LogP contribution in [-0.4, -0.2) is 30.9 Å². The van der Waals surface area contributed by atoms with Gasteiger partial charge in [0.15, 0.2) is 0 Å². The number of aliphatic hydroxyl groups is 1. The van der Waals surface area contributed by atoms with E-state index in [1.807, 2.05) is 19.9 Å². The van der Waals surface area contributed by atoms with Crippen LogP contribution < -0.4 is 0 Å². The van der Waals surface area contributed by atoms with Crippen LogP contribution in [0.1, 0.15) is 37.8 Å². The Labute approximate surface area is 121 Å². The highest BCUT2D eigenvalue weighted by molar-refractivity contribution is 7.89. The highest BCUT2D eigenvalue weighted by Gasteiger charge is 2.30. The molecule has 0 aromatic heterocycles. The Kier molecular flexibility index (Phi) is 4.83. The topological polar surface area (TPSA) is 57.6 Å². The lowest BCUT2D eigenvalue weighted by molar-refractivity contribution is 0.280. The summed E-state index contributed by atoms with van der Waals surface area (Å²) in [6.45, 7) is 4.84. The van der Waals surface area contributed by atoms with E-state index in [9.17, 15) is 13.5 Å². The first-order valence-corrected chi connectivity index (χ1v) is 8.69. The third-order valence-electron chi connectivity index (χ3n) is 3.88. The monoisotopic (exact) mass is 297 g/mol. The summed E-state index contributed by atoms with van der Waals surface area (Å²) in [7, 11) is -3.44. The van der Waals surface area contributed by atoms with E-state index in [0.29, 0.717) is 29.5 Å². The Morgan fingerprint density at radius 2 is 1.95 bits per heavy atom. The molecule has 4 nitrogen and oxygen atoms in total. The van der Waals surface area contributed by atoms with Gasteiger partial charge in [-0.3, -0.25) is 0 Å². The fourth-order valence-corrected chi connectivity index (χ4v) is 3.97. The van der Waals surface area contributed by atoms with Gasteiger partial charge in [-0.2, -0.15) is 4.31 Å². The van der Waals surface area contributed by atoms with Crippen molar-refractivity contribution in [2.45, 2.75) is 44.6 Å². The largest absolute Gasteiger partial charge is 0.392 e. The van der Waals surface area contributed by atoms with Gasteiger partial charge < -0.3 is 5.11 Å². The second-order valence-electron chi connectivity index (χ2n) is 5.34. The van der Waals surface area contributed by atoms with Crippen LogP contribution in [0.4, 0.5) is 0 Å². The van der Waals surface area contributed by atoms with Crippen molar-refractivity contribution in [1.29, 1.82) is 0 Å². The zero-order chi connectivity index (χ0) is 14.8. The van der Waals surface area contributed by atoms with Crippen LogP contribution in [-0.2, 0) is 23.1 Å². The minimum absolute atomic E-state index is 0.124. The van der Waals surface area contributed by atoms with E-state index in [1.54, 1.807) is 16.4 Å². The molecule has 0 atom stereocenters. The molecule has 0 bridgehead atoms. The third-order valence-corrected chi connectivity index (χ3v) is 5.81. The van der Waals surface area contributed by atoms with Gasteiger partial charge in [0, 0.05) is 13.1 Å². The molecule has 1 fully saturated rings. The number of rotatable bonds is 7. The van der Waals surface area contributed by atoms with E-state index in [1.165, 1.54) is 0 Å². The van der Waals surface area contributed by atoms with Crippen LogP contribution in [0, 0.1) is 5.92 Å². The van der Waals surface area contributed by atoms with Gasteiger partial charge in [-0.25, -0.2) is 8.42 Å². The van der Waals surface area contributed by atoms with Crippen molar-refractivity contribution in [3.05, 3.63) is 29.3 Å². The Balaban J connectivity index is 2.31. The molecular formula is C15H23NO3S. The minimum Gasteiger partial charge on any atom is -0.392 e. The molecule has 20 heavy (non-hydrogen) atoms. The van der Waals surface area contributed by atoms with Gasteiger partial charge in [0.05, 0.1) is 11.5 Å². The van der Waals surface area contributed by atoms with Gasteiger partial charge in [-0.1, -0.05) is 19.9 Å². The summed E-state index contributed by atoms with van der Waals surface area (Å²) in [6, 6.07) is 5.08. The van der Waals surface area contributed by atoms with Gasteiger partial charge in [0.2, 0.25) is 10.0 Å². The van der Waals surface area contributed by atoms with Crippen molar-refractivity contribution in [3.63, 3.8) is 0 Å². The maximum Gasteiger partial charge on any atom is 0.243 e. The third kappa shape index (κ3) is 3.22. The van der Waals surface area contributed by atoms with Crippen molar-refractivity contribution < 1.29 is 13.5 Å². The number of aliphatic hydroxyl groups excluding tert-OH is 1. The van der Waals surface area contributed by atoms with E-state index >= 15 is 0 Å². The molecule has 0 spiro atoms. The number of nitrogens with zero attached hydrogens (tertiary/aromatic N) is 1. The van der Waals surface area contributed by atoms with E-state index in [2.05, 4.69) is 0 Å². The molecule has 1 saturated carbocycles. The van der Waals surface area contributed by atoms with Crippen LogP contribution in [0.5, 0.6) is 0 Å². The fraction of sp³-hybridized carbons (Fsp3) is 0.600. The van der Waals surface area contributed by atoms with Crippen molar-refractivity contribution in [2.24, 2.45) is 5.92 Å². The number of aryl methyl sites for hydroxylation is 1. The number of benzene rings is 1. The highest BCUT2D eigenvalue weighted by atomic mass is 32.2. The molecule has 0 aliphatic heterocycles. The van der Waals surface area contributed by atoms with E-state index < -0.39 is 10.0 Å². The Morgan fingerprint density at radius 1 is 1.25 bits per heavy atom. The zero-order valence-electron chi connectivity index (χ0n) is 12.2. The van der Waals surface area contributed by atoms with Crippen molar-refractivity contribution in [3.8, 4) is 0 Å². The van der Waals surface area contributed by atoms with Crippen LogP contribution in [0.25, 0.3) is 0 Å². The van der Waals surface area contributed by atoms with Gasteiger partial charge in [0.25, 0.3) is 0 Å². The van der Waals surface area contributed by atoms with Crippen molar-refractivity contribution in [2.75, 3.05) is 13.1 Å². The van der Waals surface area contributed by atoms with Gasteiger partial charge >= 0.3 is 0 Å². The molecule has 1 aliphatic rings. The van der Waals surface area contributed by atoms with E-state index in [0.717, 1.165) is 24.8 Å². The second kappa shape index (κ2) is 6.24. The lowest BCUT2D eigenvalue weighted by Gasteiger charge is -2.21. The first kappa shape index (κ1) is 15.5. The summed E-state index contributed by atoms with van der Waals surface area (Å²) in [5.74, 6) is 0.525. The summed E-state index contributed by atoms with van der Waals surface area (Å²) >= 11 is 0. The average molecular weight is 297 g/mol. The Bertz CT molecular complexity index is 564. The smallest absolute Gasteiger partial charge is 0.243 e. The standard InChI is InChI=1S/C15H23NO3S/c1-3-13-7-8-15(9-14(13)11-17)20(18,19)16(4-2)10-12-5-6-12/h7-9,12,17H,3-6,10-11H2,1-2H3. The van der Waals surface area contributed by atoms with Gasteiger partial charge in [-0.15, -0.1) is 0 Å². The molecule has 5 heteroatoms. The molecule has 0 radical (unpaired) electrons. The van der Waals surface area contributed by atoms with Gasteiger partial charge in [-0.05, 0) is 48.4 Å². The second-order valence-corrected chi connectivity index (χ2v) is 7.28. The predicted octanol–water partition coefficient (Wildman–Crippen LogP) is 2.16. The molecule has 112 valence electrons. The normalized spacial score (nSPS) is 15.8. The average Bonchev–Trinajstić information content (AvgIpc) is 3.27. The van der Waals surface area contributed by atoms with Gasteiger partial charge in [0.1, 0.15) is 0 Å². The quantitative estimate of drug-likeness (QED) is 0.839. The molecular weight excluding hydrogens is 274 g/mol. The molecule has 0 saturated heterocycles. The molecule has 1 N–H and O–H groups in total. The van der Waals surface area contributed by atoms with E-state index in [-0.39, 0.29) is 6.61 Å². The van der Waals surface area contributed by atoms with Crippen LogP contribution in [0.15, 0.2) is 23.1 Å². The van der Waals surface area contributed by atoms with E-state index in [4.69, 9.17) is 0 Å². The summed E-state index contributed by atoms with van der Waals surface area (Å²) < 4.78 is 26.8. The Morgan fingerprint density at radius 3 is 2.45 bits per heavy atom. The number of sulfonamides is 1. The van der Waals surface area contributed by atoms with Crippen molar-refractivity contribution in [1.82, 2.24) is 4.31 Å². The fourth-order valence-electron chi connectivity index (χ4n) is 2.39. The molecule has 0 heterocycles. The van der Waals surface area contributed by atoms with Crippen molar-refractivity contribution >= 4 is 10.0 Å². The summed E-state index contributed by atoms with van der Waals surface area (Å²) in [4.78, 5) is 0.293. The first-order chi connectivity index (χ1) is 9.52.